The molecule has 2 fully saturated rings. The normalized spacial score (nSPS) is 20.7. The van der Waals surface area contributed by atoms with Gasteiger partial charge in [0.1, 0.15) is 12.1 Å². The number of hydrogen-bond acceptors (Lipinski definition) is 6. The first kappa shape index (κ1) is 17.0. The van der Waals surface area contributed by atoms with E-state index in [1.54, 1.807) is 6.08 Å². The summed E-state index contributed by atoms with van der Waals surface area (Å²) >= 11 is 0. The van der Waals surface area contributed by atoms with E-state index in [-0.39, 0.29) is 11.9 Å². The van der Waals surface area contributed by atoms with Gasteiger partial charge >= 0.3 is 0 Å². The van der Waals surface area contributed by atoms with Crippen LogP contribution in [-0.2, 0) is 4.79 Å². The molecule has 1 amide bonds. The molecule has 138 valence electrons. The number of carbonyl (C=O) groups excluding carboxylic acids is 1. The van der Waals surface area contributed by atoms with E-state index in [1.165, 1.54) is 19.2 Å². The number of aromatic nitrogens is 4. The van der Waals surface area contributed by atoms with Gasteiger partial charge in [0.05, 0.1) is 17.1 Å². The van der Waals surface area contributed by atoms with Crippen molar-refractivity contribution in [2.45, 2.75) is 38.3 Å². The van der Waals surface area contributed by atoms with Crippen LogP contribution in [0.3, 0.4) is 0 Å². The van der Waals surface area contributed by atoms with Gasteiger partial charge in [-0.05, 0) is 33.2 Å². The number of likely N-dealkylation sites (tertiary alicyclic amines) is 1. The molecule has 2 aliphatic rings. The second kappa shape index (κ2) is 6.68. The Balaban J connectivity index is 1.43. The highest BCUT2D eigenvalue weighted by Crippen LogP contribution is 2.28. The summed E-state index contributed by atoms with van der Waals surface area (Å²) in [6.45, 7) is 4.11. The number of nitrogens with zero attached hydrogens (tertiary/aromatic N) is 6. The molecule has 3 heterocycles. The zero-order chi connectivity index (χ0) is 18.3. The van der Waals surface area contributed by atoms with Gasteiger partial charge in [-0.2, -0.15) is 5.10 Å². The fourth-order valence-electron chi connectivity index (χ4n) is 3.66. The lowest BCUT2D eigenvalue weighted by Crippen LogP contribution is -2.28. The molecular weight excluding hydrogens is 330 g/mol. The number of amides is 1. The molecule has 4 rings (SSSR count). The highest BCUT2D eigenvalue weighted by molar-refractivity contribution is 5.89. The number of rotatable bonds is 5. The third kappa shape index (κ3) is 3.16. The average Bonchev–Trinajstić information content (AvgIpc) is 3.26. The molecule has 2 N–H and O–H groups in total. The van der Waals surface area contributed by atoms with Crippen LogP contribution >= 0.6 is 0 Å². The van der Waals surface area contributed by atoms with Crippen molar-refractivity contribution in [3.8, 4) is 0 Å². The summed E-state index contributed by atoms with van der Waals surface area (Å²) in [7, 11) is 2.11. The highest BCUT2D eigenvalue weighted by Gasteiger charge is 2.29. The summed E-state index contributed by atoms with van der Waals surface area (Å²) < 4.78 is 1.90. The van der Waals surface area contributed by atoms with E-state index in [2.05, 4.69) is 27.0 Å². The standard InChI is InChI=1S/C18H25N7O/c1-12-16-17(19)20-11-21-18(16)25(22-12)14-7-9-24(10-14)15(26)4-3-8-23(2)13-5-6-13/h3-4,11,13-14H,5-10H2,1-2H3,(H2,19,20,21)/b4-3+. The van der Waals surface area contributed by atoms with E-state index in [9.17, 15) is 4.79 Å². The zero-order valence-corrected chi connectivity index (χ0v) is 15.3. The molecule has 8 nitrogen and oxygen atoms in total. The van der Waals surface area contributed by atoms with Gasteiger partial charge in [0.15, 0.2) is 5.65 Å². The minimum Gasteiger partial charge on any atom is -0.383 e. The number of anilines is 1. The van der Waals surface area contributed by atoms with E-state index in [0.717, 1.165) is 36.2 Å². The van der Waals surface area contributed by atoms with Gasteiger partial charge in [-0.15, -0.1) is 0 Å². The van der Waals surface area contributed by atoms with Crippen LogP contribution in [0.2, 0.25) is 0 Å². The molecule has 0 aromatic carbocycles. The van der Waals surface area contributed by atoms with Crippen molar-refractivity contribution in [2.75, 3.05) is 32.4 Å². The maximum absolute atomic E-state index is 12.5. The second-order valence-electron chi connectivity index (χ2n) is 7.29. The van der Waals surface area contributed by atoms with Crippen LogP contribution < -0.4 is 5.73 Å². The second-order valence-corrected chi connectivity index (χ2v) is 7.29. The third-order valence-electron chi connectivity index (χ3n) is 5.34. The van der Waals surface area contributed by atoms with E-state index in [1.807, 2.05) is 22.6 Å². The number of hydrogen-bond donors (Lipinski definition) is 1. The van der Waals surface area contributed by atoms with Gasteiger partial charge in [0, 0.05) is 31.8 Å². The summed E-state index contributed by atoms with van der Waals surface area (Å²) in [6, 6.07) is 0.823. The monoisotopic (exact) mass is 355 g/mol. The Kier molecular flexibility index (Phi) is 4.36. The first-order chi connectivity index (χ1) is 12.5. The van der Waals surface area contributed by atoms with Crippen LogP contribution in [0.15, 0.2) is 18.5 Å². The third-order valence-corrected chi connectivity index (χ3v) is 5.34. The van der Waals surface area contributed by atoms with Crippen LogP contribution in [0.4, 0.5) is 5.82 Å². The van der Waals surface area contributed by atoms with Crippen molar-refractivity contribution < 1.29 is 4.79 Å². The molecule has 1 aliphatic heterocycles. The van der Waals surface area contributed by atoms with Gasteiger partial charge in [0.25, 0.3) is 0 Å². The number of fused-ring (bicyclic) bond motifs is 1. The summed E-state index contributed by atoms with van der Waals surface area (Å²) in [5, 5.41) is 5.42. The first-order valence-electron chi connectivity index (χ1n) is 9.15. The maximum atomic E-state index is 12.5. The molecule has 1 unspecified atom stereocenters. The van der Waals surface area contributed by atoms with E-state index in [0.29, 0.717) is 18.4 Å². The van der Waals surface area contributed by atoms with Crippen molar-refractivity contribution in [1.82, 2.24) is 29.5 Å². The maximum Gasteiger partial charge on any atom is 0.246 e. The van der Waals surface area contributed by atoms with Crippen molar-refractivity contribution in [1.29, 1.82) is 0 Å². The Hall–Kier alpha value is -2.48. The van der Waals surface area contributed by atoms with Crippen LogP contribution in [0.1, 0.15) is 31.0 Å². The quantitative estimate of drug-likeness (QED) is 0.809. The lowest BCUT2D eigenvalue weighted by atomic mass is 10.2. The molecule has 1 aliphatic carbocycles. The smallest absolute Gasteiger partial charge is 0.246 e. The minimum atomic E-state index is 0.0685. The molecule has 2 aromatic heterocycles. The highest BCUT2D eigenvalue weighted by atomic mass is 16.2. The van der Waals surface area contributed by atoms with Gasteiger partial charge < -0.3 is 10.6 Å². The summed E-state index contributed by atoms with van der Waals surface area (Å²) in [4.78, 5) is 25.0. The summed E-state index contributed by atoms with van der Waals surface area (Å²) in [5.74, 6) is 0.520. The number of nitrogen functional groups attached to an aromatic ring is 1. The van der Waals surface area contributed by atoms with Gasteiger partial charge in [0.2, 0.25) is 5.91 Å². The Bertz CT molecular complexity index is 855. The molecule has 26 heavy (non-hydrogen) atoms. The van der Waals surface area contributed by atoms with Crippen LogP contribution in [-0.4, -0.2) is 68.2 Å². The predicted octanol–water partition coefficient (Wildman–Crippen LogP) is 1.14. The molecule has 0 bridgehead atoms. The lowest BCUT2D eigenvalue weighted by molar-refractivity contribution is -0.125. The predicted molar refractivity (Wildman–Crippen MR) is 99.5 cm³/mol. The van der Waals surface area contributed by atoms with Crippen molar-refractivity contribution in [3.05, 3.63) is 24.2 Å². The SMILES string of the molecule is Cc1nn(C2CCN(C(=O)/C=C/CN(C)C3CC3)C2)c2ncnc(N)c12. The van der Waals surface area contributed by atoms with E-state index in [4.69, 9.17) is 5.73 Å². The molecule has 1 saturated heterocycles. The summed E-state index contributed by atoms with van der Waals surface area (Å²) in [6.07, 6.45) is 8.55. The number of likely N-dealkylation sites (N-methyl/N-ethyl adjacent to an activating group) is 1. The molecule has 0 spiro atoms. The fourth-order valence-corrected chi connectivity index (χ4v) is 3.66. The number of nitrogens with two attached hydrogens (primary N) is 1. The molecule has 8 heteroatoms. The topological polar surface area (TPSA) is 93.2 Å². The van der Waals surface area contributed by atoms with Gasteiger partial charge in [-0.25, -0.2) is 14.6 Å². The van der Waals surface area contributed by atoms with Crippen molar-refractivity contribution >= 4 is 22.8 Å². The number of carbonyl (C=O) groups is 1. The Labute approximate surface area is 152 Å². The lowest BCUT2D eigenvalue weighted by Gasteiger charge is -2.16. The molecule has 2 aromatic rings. The number of aryl methyl sites for hydroxylation is 1. The minimum absolute atomic E-state index is 0.0685. The first-order valence-corrected chi connectivity index (χ1v) is 9.15. The summed E-state index contributed by atoms with van der Waals surface area (Å²) in [5.41, 5.74) is 7.54. The van der Waals surface area contributed by atoms with Crippen molar-refractivity contribution in [2.24, 2.45) is 0 Å². The molecular formula is C18H25N7O. The molecule has 1 atom stereocenters. The Morgan fingerprint density at radius 2 is 2.19 bits per heavy atom. The Morgan fingerprint density at radius 3 is 2.96 bits per heavy atom. The fraction of sp³-hybridized carbons (Fsp3) is 0.556. The Morgan fingerprint density at radius 1 is 1.38 bits per heavy atom. The van der Waals surface area contributed by atoms with Gasteiger partial charge in [-0.1, -0.05) is 6.08 Å². The van der Waals surface area contributed by atoms with E-state index < -0.39 is 0 Å². The van der Waals surface area contributed by atoms with Crippen LogP contribution in [0, 0.1) is 6.92 Å². The van der Waals surface area contributed by atoms with Crippen LogP contribution in [0.5, 0.6) is 0 Å². The zero-order valence-electron chi connectivity index (χ0n) is 15.3. The van der Waals surface area contributed by atoms with Gasteiger partial charge in [-0.3, -0.25) is 9.69 Å². The van der Waals surface area contributed by atoms with Crippen LogP contribution in [0.25, 0.3) is 11.0 Å². The average molecular weight is 355 g/mol. The van der Waals surface area contributed by atoms with E-state index >= 15 is 0 Å². The largest absolute Gasteiger partial charge is 0.383 e. The van der Waals surface area contributed by atoms with Crippen molar-refractivity contribution in [3.63, 3.8) is 0 Å². The molecule has 1 saturated carbocycles. The molecule has 0 radical (unpaired) electrons.